The van der Waals surface area contributed by atoms with Crippen LogP contribution in [0.5, 0.6) is 0 Å². The molecule has 0 aromatic carbocycles. The Bertz CT molecular complexity index is 154. The quantitative estimate of drug-likeness (QED) is 0.501. The van der Waals surface area contributed by atoms with Crippen LogP contribution in [0.2, 0.25) is 0 Å². The molecule has 1 fully saturated rings. The molecule has 0 spiro atoms. The zero-order valence-corrected chi connectivity index (χ0v) is 9.48. The van der Waals surface area contributed by atoms with Gasteiger partial charge in [0.05, 0.1) is 0 Å². The minimum Gasteiger partial charge on any atom is -0.265 e. The van der Waals surface area contributed by atoms with Crippen molar-refractivity contribution in [3.05, 3.63) is 20.2 Å². The van der Waals surface area contributed by atoms with Crippen LogP contribution in [0.1, 0.15) is 45.4 Å². The number of hydrogen-bond donors (Lipinski definition) is 0. The van der Waals surface area contributed by atoms with Gasteiger partial charge < -0.3 is 0 Å². The number of nitrogens with zero attached hydrogens (tertiary/aromatic N) is 2. The highest BCUT2D eigenvalue weighted by atomic mass is 16.6. The smallest absolute Gasteiger partial charge is 0.201 e. The third kappa shape index (κ3) is 32.3. The summed E-state index contributed by atoms with van der Waals surface area (Å²) in [4.78, 5) is 17.1. The lowest BCUT2D eigenvalue weighted by atomic mass is 10.0. The van der Waals surface area contributed by atoms with E-state index in [2.05, 4.69) is 0 Å². The van der Waals surface area contributed by atoms with Crippen LogP contribution in [0, 0.1) is 20.2 Å². The van der Waals surface area contributed by atoms with Crippen molar-refractivity contribution in [2.75, 3.05) is 13.6 Å². The molecule has 1 rings (SSSR count). The van der Waals surface area contributed by atoms with Gasteiger partial charge in [0, 0.05) is 16.8 Å². The van der Waals surface area contributed by atoms with E-state index in [9.17, 15) is 10.1 Å². The molecular formula is C9H20N2O4. The normalized spacial score (nSPS) is 13.7. The minimum absolute atomic E-state index is 0.0278. The van der Waals surface area contributed by atoms with E-state index in [0.29, 0.717) is 0 Å². The predicted octanol–water partition coefficient (Wildman–Crippen LogP) is 2.52. The van der Waals surface area contributed by atoms with Gasteiger partial charge >= 0.3 is 0 Å². The molecule has 0 amide bonds. The fraction of sp³-hybridized carbons (Fsp3) is 1.00. The summed E-state index contributed by atoms with van der Waals surface area (Å²) >= 11 is 0. The molecule has 0 unspecified atom stereocenters. The van der Waals surface area contributed by atoms with Crippen molar-refractivity contribution in [1.29, 1.82) is 0 Å². The maximum Gasteiger partial charge on any atom is 0.201 e. The molecule has 0 aromatic rings. The summed E-state index contributed by atoms with van der Waals surface area (Å²) in [7, 11) is 0.889. The molecule has 0 N–H and O–H groups in total. The van der Waals surface area contributed by atoms with Crippen molar-refractivity contribution in [2.45, 2.75) is 45.4 Å². The van der Waals surface area contributed by atoms with Crippen molar-refractivity contribution in [1.82, 2.24) is 0 Å². The Kier molecular flexibility index (Phi) is 13.9. The summed E-state index contributed by atoms with van der Waals surface area (Å²) in [6.45, 7) is 1.53. The lowest BCUT2D eigenvalue weighted by Crippen LogP contribution is -1.92. The van der Waals surface area contributed by atoms with Gasteiger partial charge in [-0.15, -0.1) is 0 Å². The number of rotatable bonds is 1. The van der Waals surface area contributed by atoms with E-state index >= 15 is 0 Å². The van der Waals surface area contributed by atoms with Gasteiger partial charge in [0.25, 0.3) is 0 Å². The van der Waals surface area contributed by atoms with Gasteiger partial charge in [-0.25, -0.2) is 0 Å². The summed E-state index contributed by atoms with van der Waals surface area (Å²) < 4.78 is 0. The molecule has 1 aliphatic carbocycles. The van der Waals surface area contributed by atoms with Gasteiger partial charge in [-0.05, 0) is 0 Å². The zero-order valence-electron chi connectivity index (χ0n) is 9.48. The molecule has 0 heterocycles. The van der Waals surface area contributed by atoms with Crippen LogP contribution in [0.4, 0.5) is 0 Å². The van der Waals surface area contributed by atoms with Gasteiger partial charge in [0.1, 0.15) is 0 Å². The molecule has 0 bridgehead atoms. The van der Waals surface area contributed by atoms with Gasteiger partial charge in [0.2, 0.25) is 6.54 Å². The van der Waals surface area contributed by atoms with E-state index < -0.39 is 4.92 Å². The lowest BCUT2D eigenvalue weighted by Gasteiger charge is -2.05. The maximum absolute atomic E-state index is 9.17. The van der Waals surface area contributed by atoms with E-state index in [1.165, 1.54) is 45.4 Å². The van der Waals surface area contributed by atoms with E-state index in [4.69, 9.17) is 10.1 Å². The summed E-state index contributed by atoms with van der Waals surface area (Å²) in [5.41, 5.74) is 0. The highest BCUT2D eigenvalue weighted by molar-refractivity contribution is 4.51. The molecule has 1 saturated carbocycles. The molecule has 0 radical (unpaired) electrons. The van der Waals surface area contributed by atoms with Crippen LogP contribution in [-0.4, -0.2) is 23.4 Å². The molecule has 0 aromatic heterocycles. The highest BCUT2D eigenvalue weighted by Gasteiger charge is 1.95. The average molecular weight is 220 g/mol. The van der Waals surface area contributed by atoms with Gasteiger partial charge in [-0.2, -0.15) is 0 Å². The molecule has 0 atom stereocenters. The van der Waals surface area contributed by atoms with Crippen molar-refractivity contribution < 1.29 is 9.85 Å². The Hall–Kier alpha value is -1.20. The molecule has 1 aliphatic rings. The summed E-state index contributed by atoms with van der Waals surface area (Å²) in [5.74, 6) is 0. The average Bonchev–Trinajstić information content (AvgIpc) is 2.20. The number of nitro groups is 2. The standard InChI is InChI=1S/C6H12.C2H5NO2.CH3NO2/c1-2-4-6-5-3-1;1-2-3(4)5;1-2(3)4/h1-6H2;2H2,1H3;1H3. The Morgan fingerprint density at radius 2 is 1.07 bits per heavy atom. The Morgan fingerprint density at radius 1 is 0.933 bits per heavy atom. The van der Waals surface area contributed by atoms with Crippen LogP contribution >= 0.6 is 0 Å². The monoisotopic (exact) mass is 220 g/mol. The first kappa shape index (κ1) is 16.2. The second kappa shape index (κ2) is 12.8. The fourth-order valence-corrected chi connectivity index (χ4v) is 1.06. The van der Waals surface area contributed by atoms with Crippen LogP contribution in [-0.2, 0) is 0 Å². The van der Waals surface area contributed by atoms with E-state index in [0.717, 1.165) is 7.05 Å². The lowest BCUT2D eigenvalue weighted by molar-refractivity contribution is -0.475. The van der Waals surface area contributed by atoms with Crippen molar-refractivity contribution in [3.8, 4) is 0 Å². The fourth-order valence-electron chi connectivity index (χ4n) is 1.06. The molecule has 6 heteroatoms. The van der Waals surface area contributed by atoms with Crippen molar-refractivity contribution >= 4 is 0 Å². The van der Waals surface area contributed by atoms with E-state index in [-0.39, 0.29) is 11.5 Å². The first-order valence-corrected chi connectivity index (χ1v) is 5.20. The Balaban J connectivity index is 0. The summed E-state index contributed by atoms with van der Waals surface area (Å²) in [6, 6.07) is 0. The van der Waals surface area contributed by atoms with Crippen LogP contribution in [0.15, 0.2) is 0 Å². The highest BCUT2D eigenvalue weighted by Crippen LogP contribution is 2.15. The van der Waals surface area contributed by atoms with Gasteiger partial charge in [0.15, 0.2) is 7.05 Å². The Morgan fingerprint density at radius 3 is 1.13 bits per heavy atom. The topological polar surface area (TPSA) is 86.3 Å². The third-order valence-electron chi connectivity index (χ3n) is 1.76. The zero-order chi connectivity index (χ0) is 12.1. The van der Waals surface area contributed by atoms with E-state index in [1.54, 1.807) is 0 Å². The summed E-state index contributed by atoms with van der Waals surface area (Å²) in [5, 5.41) is 18.0. The second-order valence-corrected chi connectivity index (χ2v) is 3.21. The van der Waals surface area contributed by atoms with Gasteiger partial charge in [-0.3, -0.25) is 20.2 Å². The molecule has 6 nitrogen and oxygen atoms in total. The Labute approximate surface area is 90.0 Å². The predicted molar refractivity (Wildman–Crippen MR) is 58.2 cm³/mol. The van der Waals surface area contributed by atoms with Crippen LogP contribution in [0.25, 0.3) is 0 Å². The van der Waals surface area contributed by atoms with Crippen LogP contribution < -0.4 is 0 Å². The minimum atomic E-state index is -0.500. The van der Waals surface area contributed by atoms with Crippen LogP contribution in [0.3, 0.4) is 0 Å². The SMILES string of the molecule is C1CCCCC1.CC[N+](=O)[O-].C[N+](=O)[O-]. The third-order valence-corrected chi connectivity index (χ3v) is 1.76. The summed E-state index contributed by atoms with van der Waals surface area (Å²) in [6.07, 6.45) is 9.00. The first-order chi connectivity index (χ1) is 7.00. The molecule has 0 saturated heterocycles. The molecule has 0 aliphatic heterocycles. The second-order valence-electron chi connectivity index (χ2n) is 3.21. The van der Waals surface area contributed by atoms with Crippen molar-refractivity contribution in [3.63, 3.8) is 0 Å². The molecular weight excluding hydrogens is 200 g/mol. The molecule has 15 heavy (non-hydrogen) atoms. The maximum atomic E-state index is 9.17. The van der Waals surface area contributed by atoms with E-state index in [1.807, 2.05) is 0 Å². The largest absolute Gasteiger partial charge is 0.265 e. The van der Waals surface area contributed by atoms with Gasteiger partial charge in [-0.1, -0.05) is 38.5 Å². The number of hydrogen-bond acceptors (Lipinski definition) is 4. The first-order valence-electron chi connectivity index (χ1n) is 5.20. The van der Waals surface area contributed by atoms with Crippen molar-refractivity contribution in [2.24, 2.45) is 0 Å². The molecule has 90 valence electrons.